The van der Waals surface area contributed by atoms with Crippen molar-refractivity contribution in [1.82, 2.24) is 15.3 Å². The molecule has 106 valence electrons. The van der Waals surface area contributed by atoms with Crippen LogP contribution < -0.4 is 15.0 Å². The Kier molecular flexibility index (Phi) is 4.96. The average molecular weight is 264 g/mol. The molecule has 1 fully saturated rings. The lowest BCUT2D eigenvalue weighted by Gasteiger charge is -2.33. The summed E-state index contributed by atoms with van der Waals surface area (Å²) in [7, 11) is 1.62. The second kappa shape index (κ2) is 6.70. The Bertz CT molecular complexity index is 397. The molecular formula is C14H24N4O. The number of nitrogens with zero attached hydrogens (tertiary/aromatic N) is 3. The lowest BCUT2D eigenvalue weighted by molar-refractivity contribution is 0.373. The van der Waals surface area contributed by atoms with Crippen LogP contribution in [-0.2, 0) is 0 Å². The number of rotatable bonds is 5. The quantitative estimate of drug-likeness (QED) is 0.877. The van der Waals surface area contributed by atoms with E-state index < -0.39 is 0 Å². The van der Waals surface area contributed by atoms with E-state index in [2.05, 4.69) is 34.0 Å². The van der Waals surface area contributed by atoms with Gasteiger partial charge in [-0.1, -0.05) is 13.8 Å². The van der Waals surface area contributed by atoms with Crippen molar-refractivity contribution in [3.8, 4) is 5.88 Å². The van der Waals surface area contributed by atoms with Gasteiger partial charge in [0.1, 0.15) is 0 Å². The fourth-order valence-corrected chi connectivity index (χ4v) is 2.43. The summed E-state index contributed by atoms with van der Waals surface area (Å²) in [6, 6.07) is 0.548. The Balaban J connectivity index is 1.96. The average Bonchev–Trinajstić information content (AvgIpc) is 2.45. The Labute approximate surface area is 115 Å². The maximum Gasteiger partial charge on any atom is 0.233 e. The molecule has 5 nitrogen and oxygen atoms in total. The number of anilines is 1. The van der Waals surface area contributed by atoms with Gasteiger partial charge in [-0.15, -0.1) is 0 Å². The fourth-order valence-electron chi connectivity index (χ4n) is 2.43. The van der Waals surface area contributed by atoms with Crippen molar-refractivity contribution in [2.24, 2.45) is 5.92 Å². The lowest BCUT2D eigenvalue weighted by atomic mass is 9.98. The molecule has 0 spiro atoms. The zero-order valence-corrected chi connectivity index (χ0v) is 12.1. The monoisotopic (exact) mass is 264 g/mol. The molecule has 1 saturated heterocycles. The molecule has 1 N–H and O–H groups in total. The van der Waals surface area contributed by atoms with Gasteiger partial charge in [0, 0.05) is 19.1 Å². The Morgan fingerprint density at radius 3 is 3.05 bits per heavy atom. The van der Waals surface area contributed by atoms with Crippen LogP contribution in [0.4, 0.5) is 5.82 Å². The Morgan fingerprint density at radius 2 is 2.32 bits per heavy atom. The van der Waals surface area contributed by atoms with Crippen molar-refractivity contribution >= 4 is 5.82 Å². The summed E-state index contributed by atoms with van der Waals surface area (Å²) in [4.78, 5) is 11.0. The molecule has 1 aromatic heterocycles. The van der Waals surface area contributed by atoms with Crippen LogP contribution in [0.3, 0.4) is 0 Å². The van der Waals surface area contributed by atoms with Crippen molar-refractivity contribution in [3.63, 3.8) is 0 Å². The first kappa shape index (κ1) is 14.1. The molecule has 0 amide bonds. The molecule has 5 heteroatoms. The minimum absolute atomic E-state index is 0.548. The van der Waals surface area contributed by atoms with Crippen LogP contribution >= 0.6 is 0 Å². The van der Waals surface area contributed by atoms with Crippen molar-refractivity contribution < 1.29 is 4.74 Å². The summed E-state index contributed by atoms with van der Waals surface area (Å²) in [5.41, 5.74) is 0. The Morgan fingerprint density at radius 1 is 1.47 bits per heavy atom. The van der Waals surface area contributed by atoms with E-state index in [0.717, 1.165) is 25.5 Å². The van der Waals surface area contributed by atoms with Gasteiger partial charge in [-0.3, -0.25) is 4.98 Å². The molecule has 0 aliphatic carbocycles. The highest BCUT2D eigenvalue weighted by molar-refractivity contribution is 5.38. The number of methoxy groups -OCH3 is 1. The third kappa shape index (κ3) is 4.06. The molecule has 0 saturated carbocycles. The van der Waals surface area contributed by atoms with E-state index in [-0.39, 0.29) is 0 Å². The standard InChI is InChI=1S/C14H24N4O/c1-11(2)16-7-12-5-4-6-18(10-12)13-8-15-9-14(17-13)19-3/h8-9,11-12,16H,4-7,10H2,1-3H3. The van der Waals surface area contributed by atoms with Crippen LogP contribution in [0, 0.1) is 5.92 Å². The van der Waals surface area contributed by atoms with E-state index in [1.165, 1.54) is 12.8 Å². The summed E-state index contributed by atoms with van der Waals surface area (Å²) in [6.45, 7) is 7.55. The fraction of sp³-hybridized carbons (Fsp3) is 0.714. The second-order valence-corrected chi connectivity index (χ2v) is 5.44. The summed E-state index contributed by atoms with van der Waals surface area (Å²) in [6.07, 6.45) is 5.96. The van der Waals surface area contributed by atoms with E-state index in [1.807, 2.05) is 6.20 Å². The van der Waals surface area contributed by atoms with Crippen molar-refractivity contribution in [1.29, 1.82) is 0 Å². The van der Waals surface area contributed by atoms with Crippen molar-refractivity contribution in [2.75, 3.05) is 31.6 Å². The molecule has 2 heterocycles. The number of hydrogen-bond donors (Lipinski definition) is 1. The van der Waals surface area contributed by atoms with Crippen LogP contribution in [0.5, 0.6) is 5.88 Å². The van der Waals surface area contributed by atoms with E-state index in [9.17, 15) is 0 Å². The molecule has 1 aliphatic rings. The highest BCUT2D eigenvalue weighted by Crippen LogP contribution is 2.22. The maximum absolute atomic E-state index is 5.14. The Hall–Kier alpha value is -1.36. The lowest BCUT2D eigenvalue weighted by Crippen LogP contribution is -2.41. The largest absolute Gasteiger partial charge is 0.480 e. The molecule has 1 unspecified atom stereocenters. The minimum Gasteiger partial charge on any atom is -0.480 e. The van der Waals surface area contributed by atoms with Crippen LogP contribution in [0.1, 0.15) is 26.7 Å². The first-order valence-electron chi connectivity index (χ1n) is 7.03. The van der Waals surface area contributed by atoms with Gasteiger partial charge in [-0.2, -0.15) is 4.98 Å². The molecule has 1 aromatic rings. The molecule has 0 aromatic carbocycles. The molecule has 19 heavy (non-hydrogen) atoms. The van der Waals surface area contributed by atoms with E-state index >= 15 is 0 Å². The molecule has 1 atom stereocenters. The maximum atomic E-state index is 5.14. The smallest absolute Gasteiger partial charge is 0.233 e. The second-order valence-electron chi connectivity index (χ2n) is 5.44. The van der Waals surface area contributed by atoms with Gasteiger partial charge in [0.2, 0.25) is 5.88 Å². The summed E-state index contributed by atoms with van der Waals surface area (Å²) in [5.74, 6) is 2.19. The zero-order valence-electron chi connectivity index (χ0n) is 12.1. The van der Waals surface area contributed by atoms with Gasteiger partial charge in [0.25, 0.3) is 0 Å². The highest BCUT2D eigenvalue weighted by atomic mass is 16.5. The van der Waals surface area contributed by atoms with Gasteiger partial charge < -0.3 is 15.0 Å². The first-order valence-corrected chi connectivity index (χ1v) is 7.03. The van der Waals surface area contributed by atoms with Gasteiger partial charge in [-0.05, 0) is 25.3 Å². The van der Waals surface area contributed by atoms with Gasteiger partial charge >= 0.3 is 0 Å². The third-order valence-electron chi connectivity index (χ3n) is 3.47. The first-order chi connectivity index (χ1) is 9.19. The van der Waals surface area contributed by atoms with Crippen LogP contribution in [0.15, 0.2) is 12.4 Å². The van der Waals surface area contributed by atoms with Crippen molar-refractivity contribution in [3.05, 3.63) is 12.4 Å². The minimum atomic E-state index is 0.548. The zero-order chi connectivity index (χ0) is 13.7. The van der Waals surface area contributed by atoms with Crippen LogP contribution in [-0.4, -0.2) is 42.8 Å². The van der Waals surface area contributed by atoms with Gasteiger partial charge in [-0.25, -0.2) is 0 Å². The van der Waals surface area contributed by atoms with E-state index in [4.69, 9.17) is 4.74 Å². The molecule has 2 rings (SSSR count). The SMILES string of the molecule is COc1cncc(N2CCCC(CNC(C)C)C2)n1. The predicted molar refractivity (Wildman–Crippen MR) is 76.7 cm³/mol. The normalized spacial score (nSPS) is 19.8. The van der Waals surface area contributed by atoms with Crippen molar-refractivity contribution in [2.45, 2.75) is 32.7 Å². The molecule has 1 aliphatic heterocycles. The molecular weight excluding hydrogens is 240 g/mol. The number of nitrogens with one attached hydrogen (secondary N) is 1. The molecule has 0 radical (unpaired) electrons. The summed E-state index contributed by atoms with van der Waals surface area (Å²) in [5, 5.41) is 3.52. The number of ether oxygens (including phenoxy) is 1. The van der Waals surface area contributed by atoms with Crippen LogP contribution in [0.25, 0.3) is 0 Å². The number of piperidine rings is 1. The third-order valence-corrected chi connectivity index (χ3v) is 3.47. The van der Waals surface area contributed by atoms with E-state index in [0.29, 0.717) is 17.8 Å². The highest BCUT2D eigenvalue weighted by Gasteiger charge is 2.21. The summed E-state index contributed by atoms with van der Waals surface area (Å²) < 4.78 is 5.14. The van der Waals surface area contributed by atoms with E-state index in [1.54, 1.807) is 13.3 Å². The van der Waals surface area contributed by atoms with Crippen LogP contribution in [0.2, 0.25) is 0 Å². The predicted octanol–water partition coefficient (Wildman–Crippen LogP) is 1.70. The number of aromatic nitrogens is 2. The van der Waals surface area contributed by atoms with Gasteiger partial charge in [0.15, 0.2) is 5.82 Å². The van der Waals surface area contributed by atoms with Gasteiger partial charge in [0.05, 0.1) is 19.5 Å². The molecule has 0 bridgehead atoms. The number of hydrogen-bond acceptors (Lipinski definition) is 5. The summed E-state index contributed by atoms with van der Waals surface area (Å²) >= 11 is 0. The topological polar surface area (TPSA) is 50.3 Å².